The summed E-state index contributed by atoms with van der Waals surface area (Å²) in [6.07, 6.45) is 0. The predicted octanol–water partition coefficient (Wildman–Crippen LogP) is 12.4. The number of benzene rings is 7. The molecule has 5 heteroatoms. The van der Waals surface area contributed by atoms with Crippen molar-refractivity contribution in [3.05, 3.63) is 158 Å². The molecular weight excluding hydrogens is 592 g/mol. The average molecular weight is 619 g/mol. The van der Waals surface area contributed by atoms with Crippen LogP contribution in [0.1, 0.15) is 0 Å². The second-order valence-corrected chi connectivity index (χ2v) is 12.0. The highest BCUT2D eigenvalue weighted by atomic mass is 16.4. The minimum absolute atomic E-state index is 0.601. The van der Waals surface area contributed by atoms with E-state index in [4.69, 9.17) is 18.2 Å². The van der Waals surface area contributed by atoms with E-state index in [0.717, 1.165) is 88.7 Å². The summed E-state index contributed by atoms with van der Waals surface area (Å²) in [5.41, 5.74) is 11.1. The first-order chi connectivity index (χ1) is 23.8. The Kier molecular flexibility index (Phi) is 5.81. The number of oxazole rings is 1. The first-order valence-corrected chi connectivity index (χ1v) is 15.9. The van der Waals surface area contributed by atoms with Gasteiger partial charge in [0.2, 0.25) is 5.89 Å². The van der Waals surface area contributed by atoms with Crippen LogP contribution in [-0.2, 0) is 0 Å². The fourth-order valence-corrected chi connectivity index (χ4v) is 6.82. The van der Waals surface area contributed by atoms with E-state index in [-0.39, 0.29) is 0 Å². The molecule has 0 unspecified atom stereocenters. The van der Waals surface area contributed by atoms with E-state index in [1.807, 2.05) is 60.7 Å². The van der Waals surface area contributed by atoms with Crippen molar-refractivity contribution in [1.82, 2.24) is 4.98 Å². The molecule has 7 aromatic carbocycles. The van der Waals surface area contributed by atoms with Crippen molar-refractivity contribution in [1.29, 1.82) is 0 Å². The highest BCUT2D eigenvalue weighted by molar-refractivity contribution is 6.11. The highest BCUT2D eigenvalue weighted by Gasteiger charge is 2.18. The Bertz CT molecular complexity index is 2770. The molecule has 5 nitrogen and oxygen atoms in total. The summed E-state index contributed by atoms with van der Waals surface area (Å²) in [5.74, 6) is 0.601. The van der Waals surface area contributed by atoms with Gasteiger partial charge in [-0.2, -0.15) is 0 Å². The second-order valence-electron chi connectivity index (χ2n) is 12.0. The second kappa shape index (κ2) is 10.5. The van der Waals surface area contributed by atoms with Crippen molar-refractivity contribution < 1.29 is 13.3 Å². The Morgan fingerprint density at radius 2 is 1.08 bits per heavy atom. The Morgan fingerprint density at radius 1 is 0.396 bits per heavy atom. The maximum Gasteiger partial charge on any atom is 0.227 e. The number of hydrogen-bond donors (Lipinski definition) is 0. The average Bonchev–Trinajstić information content (AvgIpc) is 3.84. The number of rotatable bonds is 5. The maximum absolute atomic E-state index is 6.46. The number of aromatic nitrogens is 1. The summed E-state index contributed by atoms with van der Waals surface area (Å²) in [7, 11) is 0. The number of hydrogen-bond acceptors (Lipinski definition) is 5. The highest BCUT2D eigenvalue weighted by Crippen LogP contribution is 2.41. The molecule has 0 amide bonds. The molecule has 48 heavy (non-hydrogen) atoms. The first-order valence-electron chi connectivity index (χ1n) is 15.9. The third-order valence-corrected chi connectivity index (χ3v) is 9.10. The lowest BCUT2D eigenvalue weighted by atomic mass is 10.0. The summed E-state index contributed by atoms with van der Waals surface area (Å²) < 4.78 is 19.0. The molecule has 0 bridgehead atoms. The minimum Gasteiger partial charge on any atom is -0.456 e. The van der Waals surface area contributed by atoms with Crippen LogP contribution in [0.3, 0.4) is 0 Å². The monoisotopic (exact) mass is 618 g/mol. The van der Waals surface area contributed by atoms with E-state index in [9.17, 15) is 0 Å². The van der Waals surface area contributed by atoms with Gasteiger partial charge in [0.1, 0.15) is 27.8 Å². The Labute approximate surface area is 274 Å². The van der Waals surface area contributed by atoms with Crippen LogP contribution in [0.5, 0.6) is 0 Å². The summed E-state index contributed by atoms with van der Waals surface area (Å²) in [6, 6.07) is 53.9. The summed E-state index contributed by atoms with van der Waals surface area (Å²) in [6.45, 7) is 0. The minimum atomic E-state index is 0.601. The van der Waals surface area contributed by atoms with Crippen molar-refractivity contribution in [2.75, 3.05) is 4.90 Å². The van der Waals surface area contributed by atoms with E-state index in [0.29, 0.717) is 5.89 Å². The van der Waals surface area contributed by atoms with Gasteiger partial charge in [-0.1, -0.05) is 84.9 Å². The molecule has 226 valence electrons. The van der Waals surface area contributed by atoms with E-state index < -0.39 is 0 Å². The number of furan rings is 2. The summed E-state index contributed by atoms with van der Waals surface area (Å²) >= 11 is 0. The topological polar surface area (TPSA) is 55.6 Å². The smallest absolute Gasteiger partial charge is 0.227 e. The molecule has 3 aromatic heterocycles. The van der Waals surface area contributed by atoms with Crippen molar-refractivity contribution in [2.45, 2.75) is 0 Å². The molecule has 3 heterocycles. The largest absolute Gasteiger partial charge is 0.456 e. The van der Waals surface area contributed by atoms with Gasteiger partial charge < -0.3 is 18.2 Å². The number of fused-ring (bicyclic) bond motifs is 7. The van der Waals surface area contributed by atoms with Crippen LogP contribution in [0.15, 0.2) is 171 Å². The zero-order valence-electron chi connectivity index (χ0n) is 25.6. The number of nitrogens with zero attached hydrogens (tertiary/aromatic N) is 2. The van der Waals surface area contributed by atoms with Gasteiger partial charge in [-0.05, 0) is 66.2 Å². The first kappa shape index (κ1) is 26.6. The summed E-state index contributed by atoms with van der Waals surface area (Å²) in [5, 5.41) is 4.27. The third kappa shape index (κ3) is 4.22. The van der Waals surface area contributed by atoms with Gasteiger partial charge in [0.05, 0.1) is 0 Å². The molecular formula is C43H26N2O3. The van der Waals surface area contributed by atoms with Gasteiger partial charge in [-0.3, -0.25) is 0 Å². The van der Waals surface area contributed by atoms with Gasteiger partial charge in [-0.25, -0.2) is 4.98 Å². The van der Waals surface area contributed by atoms with Crippen LogP contribution in [-0.4, -0.2) is 4.98 Å². The van der Waals surface area contributed by atoms with Crippen LogP contribution in [0.25, 0.3) is 77.6 Å². The molecule has 0 saturated heterocycles. The fraction of sp³-hybridized carbons (Fsp3) is 0. The van der Waals surface area contributed by atoms with Crippen LogP contribution in [0.2, 0.25) is 0 Å². The molecule has 10 aromatic rings. The Hall–Kier alpha value is -6.59. The zero-order chi connectivity index (χ0) is 31.6. The standard InChI is InChI=1S/C43H26N2O3/c1-3-10-28(11-4-1)43-44-37-26-40-36(25-41(37)48-43)34-23-22-31(24-39(34)46-40)45(29-12-5-2-6-13-29)30-20-18-27(19-21-30)32-15-9-16-35-33-14-7-8-17-38(33)47-42(32)35/h1-26H. The zero-order valence-corrected chi connectivity index (χ0v) is 25.6. The van der Waals surface area contributed by atoms with Crippen LogP contribution < -0.4 is 4.90 Å². The van der Waals surface area contributed by atoms with E-state index in [2.05, 4.69) is 102 Å². The lowest BCUT2D eigenvalue weighted by molar-refractivity contribution is 0.620. The fourth-order valence-electron chi connectivity index (χ4n) is 6.82. The molecule has 0 fully saturated rings. The molecule has 0 atom stereocenters. The van der Waals surface area contributed by atoms with Gasteiger partial charge in [0.15, 0.2) is 5.58 Å². The van der Waals surface area contributed by atoms with Crippen LogP contribution in [0, 0.1) is 0 Å². The van der Waals surface area contributed by atoms with E-state index >= 15 is 0 Å². The molecule has 0 aliphatic heterocycles. The Balaban J connectivity index is 1.06. The quantitative estimate of drug-likeness (QED) is 0.192. The van der Waals surface area contributed by atoms with Crippen molar-refractivity contribution in [3.8, 4) is 22.6 Å². The number of para-hydroxylation sites is 3. The van der Waals surface area contributed by atoms with Gasteiger partial charge >= 0.3 is 0 Å². The third-order valence-electron chi connectivity index (χ3n) is 9.10. The SMILES string of the molecule is c1ccc(-c2nc3cc4oc5cc(N(c6ccccc6)c6ccc(-c7cccc8c7oc7ccccc78)cc6)ccc5c4cc3o2)cc1. The molecule has 0 saturated carbocycles. The van der Waals surface area contributed by atoms with Gasteiger partial charge in [0.25, 0.3) is 0 Å². The predicted molar refractivity (Wildman–Crippen MR) is 194 cm³/mol. The van der Waals surface area contributed by atoms with Crippen molar-refractivity contribution in [2.24, 2.45) is 0 Å². The van der Waals surface area contributed by atoms with Crippen LogP contribution in [0.4, 0.5) is 17.1 Å². The lowest BCUT2D eigenvalue weighted by Gasteiger charge is -2.25. The van der Waals surface area contributed by atoms with E-state index in [1.54, 1.807) is 0 Å². The normalized spacial score (nSPS) is 11.8. The molecule has 0 radical (unpaired) electrons. The number of anilines is 3. The lowest BCUT2D eigenvalue weighted by Crippen LogP contribution is -2.09. The molecule has 0 N–H and O–H groups in total. The van der Waals surface area contributed by atoms with Crippen molar-refractivity contribution >= 4 is 72.0 Å². The molecule has 0 spiro atoms. The molecule has 0 aliphatic rings. The molecule has 0 aliphatic carbocycles. The van der Waals surface area contributed by atoms with Crippen molar-refractivity contribution in [3.63, 3.8) is 0 Å². The van der Waals surface area contributed by atoms with Crippen LogP contribution >= 0.6 is 0 Å². The van der Waals surface area contributed by atoms with E-state index in [1.165, 1.54) is 0 Å². The Morgan fingerprint density at radius 3 is 1.94 bits per heavy atom. The molecule has 10 rings (SSSR count). The van der Waals surface area contributed by atoms with Gasteiger partial charge in [-0.15, -0.1) is 0 Å². The van der Waals surface area contributed by atoms with Gasteiger partial charge in [0, 0.05) is 61.9 Å². The maximum atomic E-state index is 6.46. The summed E-state index contributed by atoms with van der Waals surface area (Å²) in [4.78, 5) is 6.99.